The zero-order valence-electron chi connectivity index (χ0n) is 8.86. The van der Waals surface area contributed by atoms with Gasteiger partial charge in [0, 0.05) is 17.6 Å². The molecule has 0 spiro atoms. The van der Waals surface area contributed by atoms with E-state index < -0.39 is 0 Å². The number of rotatable bonds is 5. The lowest BCUT2D eigenvalue weighted by Gasteiger charge is -2.22. The quantitative estimate of drug-likeness (QED) is 0.808. The van der Waals surface area contributed by atoms with Crippen molar-refractivity contribution in [1.29, 1.82) is 0 Å². The highest BCUT2D eigenvalue weighted by molar-refractivity contribution is 7.09. The normalized spacial score (nSPS) is 20.7. The molecule has 1 saturated carbocycles. The molecule has 1 fully saturated rings. The highest BCUT2D eigenvalue weighted by Gasteiger charge is 2.28. The summed E-state index contributed by atoms with van der Waals surface area (Å²) in [7, 11) is 0. The summed E-state index contributed by atoms with van der Waals surface area (Å²) in [6, 6.07) is 1.24. The Morgan fingerprint density at radius 3 is 2.93 bits per heavy atom. The second-order valence-corrected chi connectivity index (χ2v) is 5.10. The van der Waals surface area contributed by atoms with E-state index in [1.807, 2.05) is 6.20 Å². The average molecular weight is 210 g/mol. The third-order valence-electron chi connectivity index (χ3n) is 2.92. The second-order valence-electron chi connectivity index (χ2n) is 4.17. The molecule has 78 valence electrons. The van der Waals surface area contributed by atoms with Crippen LogP contribution in [0.2, 0.25) is 0 Å². The summed E-state index contributed by atoms with van der Waals surface area (Å²) in [6.07, 6.45) is 5.81. The van der Waals surface area contributed by atoms with Gasteiger partial charge in [-0.25, -0.2) is 4.98 Å². The highest BCUT2D eigenvalue weighted by atomic mass is 32.1. The number of thiazole rings is 1. The standard InChI is InChI=1S/C11H18N2S/c1-3-8(2)10(13-9-4-5-9)11-12-6-7-14-11/h6-10,13H,3-5H2,1-2H3. The van der Waals surface area contributed by atoms with Gasteiger partial charge in [0.15, 0.2) is 0 Å². The van der Waals surface area contributed by atoms with E-state index >= 15 is 0 Å². The Hall–Kier alpha value is -0.410. The lowest BCUT2D eigenvalue weighted by atomic mass is 10.00. The first-order chi connectivity index (χ1) is 6.81. The van der Waals surface area contributed by atoms with Gasteiger partial charge in [-0.2, -0.15) is 0 Å². The molecule has 14 heavy (non-hydrogen) atoms. The minimum atomic E-state index is 0.479. The van der Waals surface area contributed by atoms with Gasteiger partial charge >= 0.3 is 0 Å². The van der Waals surface area contributed by atoms with Crippen molar-refractivity contribution in [1.82, 2.24) is 10.3 Å². The molecule has 1 aromatic heterocycles. The van der Waals surface area contributed by atoms with E-state index in [4.69, 9.17) is 0 Å². The smallest absolute Gasteiger partial charge is 0.110 e. The molecule has 1 heterocycles. The Balaban J connectivity index is 2.04. The fraction of sp³-hybridized carbons (Fsp3) is 0.727. The van der Waals surface area contributed by atoms with Gasteiger partial charge in [0.2, 0.25) is 0 Å². The summed E-state index contributed by atoms with van der Waals surface area (Å²) in [5.41, 5.74) is 0. The van der Waals surface area contributed by atoms with Crippen molar-refractivity contribution in [2.75, 3.05) is 0 Å². The Bertz CT molecular complexity index is 267. The Morgan fingerprint density at radius 2 is 2.43 bits per heavy atom. The van der Waals surface area contributed by atoms with Crippen LogP contribution in [-0.4, -0.2) is 11.0 Å². The van der Waals surface area contributed by atoms with Crippen LogP contribution in [0.1, 0.15) is 44.2 Å². The molecule has 1 aliphatic carbocycles. The maximum Gasteiger partial charge on any atom is 0.110 e. The maximum atomic E-state index is 4.42. The van der Waals surface area contributed by atoms with Gasteiger partial charge in [0.25, 0.3) is 0 Å². The third-order valence-corrected chi connectivity index (χ3v) is 3.78. The number of hydrogen-bond acceptors (Lipinski definition) is 3. The molecule has 0 amide bonds. The number of aromatic nitrogens is 1. The highest BCUT2D eigenvalue weighted by Crippen LogP contribution is 2.30. The second kappa shape index (κ2) is 4.41. The minimum Gasteiger partial charge on any atom is -0.305 e. The fourth-order valence-corrected chi connectivity index (χ4v) is 2.44. The molecule has 0 aliphatic heterocycles. The van der Waals surface area contributed by atoms with Crippen LogP contribution in [0.3, 0.4) is 0 Å². The van der Waals surface area contributed by atoms with Crippen molar-refractivity contribution < 1.29 is 0 Å². The molecule has 1 aromatic rings. The van der Waals surface area contributed by atoms with Gasteiger partial charge in [-0.1, -0.05) is 20.3 Å². The third kappa shape index (κ3) is 2.34. The summed E-state index contributed by atoms with van der Waals surface area (Å²) in [5.74, 6) is 0.682. The largest absolute Gasteiger partial charge is 0.305 e. The van der Waals surface area contributed by atoms with E-state index in [1.165, 1.54) is 24.3 Å². The van der Waals surface area contributed by atoms with Gasteiger partial charge in [0.1, 0.15) is 5.01 Å². The number of nitrogens with one attached hydrogen (secondary N) is 1. The molecule has 1 aliphatic rings. The van der Waals surface area contributed by atoms with E-state index in [9.17, 15) is 0 Å². The molecular weight excluding hydrogens is 192 g/mol. The summed E-state index contributed by atoms with van der Waals surface area (Å²) >= 11 is 1.77. The minimum absolute atomic E-state index is 0.479. The average Bonchev–Trinajstić information content (AvgIpc) is 2.86. The van der Waals surface area contributed by atoms with Crippen molar-refractivity contribution in [2.24, 2.45) is 5.92 Å². The summed E-state index contributed by atoms with van der Waals surface area (Å²) < 4.78 is 0. The van der Waals surface area contributed by atoms with E-state index in [1.54, 1.807) is 11.3 Å². The van der Waals surface area contributed by atoms with Gasteiger partial charge in [0.05, 0.1) is 6.04 Å². The van der Waals surface area contributed by atoms with Crippen molar-refractivity contribution in [2.45, 2.75) is 45.2 Å². The van der Waals surface area contributed by atoms with Crippen molar-refractivity contribution in [3.05, 3.63) is 16.6 Å². The van der Waals surface area contributed by atoms with Gasteiger partial charge < -0.3 is 5.32 Å². The summed E-state index contributed by atoms with van der Waals surface area (Å²) in [5, 5.41) is 7.02. The van der Waals surface area contributed by atoms with E-state index in [-0.39, 0.29) is 0 Å². The predicted octanol–water partition coefficient (Wildman–Crippen LogP) is 2.98. The molecule has 2 unspecified atom stereocenters. The number of nitrogens with zero attached hydrogens (tertiary/aromatic N) is 1. The zero-order valence-corrected chi connectivity index (χ0v) is 9.68. The first-order valence-corrected chi connectivity index (χ1v) is 6.34. The molecular formula is C11H18N2S. The molecule has 0 bridgehead atoms. The molecule has 0 radical (unpaired) electrons. The van der Waals surface area contributed by atoms with Crippen LogP contribution in [0.4, 0.5) is 0 Å². The van der Waals surface area contributed by atoms with Crippen molar-refractivity contribution in [3.63, 3.8) is 0 Å². The van der Waals surface area contributed by atoms with Crippen LogP contribution in [0.5, 0.6) is 0 Å². The van der Waals surface area contributed by atoms with Gasteiger partial charge in [-0.15, -0.1) is 11.3 Å². The monoisotopic (exact) mass is 210 g/mol. The Morgan fingerprint density at radius 1 is 1.64 bits per heavy atom. The zero-order chi connectivity index (χ0) is 9.97. The molecule has 3 heteroatoms. The van der Waals surface area contributed by atoms with E-state index in [0.717, 1.165) is 6.04 Å². The lowest BCUT2D eigenvalue weighted by Crippen LogP contribution is -2.28. The summed E-state index contributed by atoms with van der Waals surface area (Å²) in [6.45, 7) is 4.56. The first-order valence-electron chi connectivity index (χ1n) is 5.46. The van der Waals surface area contributed by atoms with Gasteiger partial charge in [-0.05, 0) is 18.8 Å². The van der Waals surface area contributed by atoms with Gasteiger partial charge in [-0.3, -0.25) is 0 Å². The van der Waals surface area contributed by atoms with E-state index in [0.29, 0.717) is 12.0 Å². The topological polar surface area (TPSA) is 24.9 Å². The SMILES string of the molecule is CCC(C)C(NC1CC1)c1nccs1. The molecule has 1 N–H and O–H groups in total. The van der Waals surface area contributed by atoms with Crippen LogP contribution >= 0.6 is 11.3 Å². The molecule has 0 aromatic carbocycles. The summed E-state index contributed by atoms with van der Waals surface area (Å²) in [4.78, 5) is 4.42. The molecule has 0 saturated heterocycles. The van der Waals surface area contributed by atoms with Crippen LogP contribution < -0.4 is 5.32 Å². The Labute approximate surface area is 89.8 Å². The maximum absolute atomic E-state index is 4.42. The van der Waals surface area contributed by atoms with Crippen molar-refractivity contribution >= 4 is 11.3 Å². The van der Waals surface area contributed by atoms with Crippen LogP contribution in [0.25, 0.3) is 0 Å². The predicted molar refractivity (Wildman–Crippen MR) is 60.5 cm³/mol. The Kier molecular flexibility index (Phi) is 3.19. The lowest BCUT2D eigenvalue weighted by molar-refractivity contribution is 0.373. The molecule has 2 rings (SSSR count). The molecule has 2 atom stereocenters. The van der Waals surface area contributed by atoms with Crippen LogP contribution in [0.15, 0.2) is 11.6 Å². The fourth-order valence-electron chi connectivity index (χ4n) is 1.61. The number of hydrogen-bond donors (Lipinski definition) is 1. The van der Waals surface area contributed by atoms with Crippen LogP contribution in [-0.2, 0) is 0 Å². The van der Waals surface area contributed by atoms with Crippen LogP contribution in [0, 0.1) is 5.92 Å². The van der Waals surface area contributed by atoms with E-state index in [2.05, 4.69) is 29.5 Å². The van der Waals surface area contributed by atoms with Crippen molar-refractivity contribution in [3.8, 4) is 0 Å². The molecule has 2 nitrogen and oxygen atoms in total. The first kappa shape index (κ1) is 10.1.